The Kier molecular flexibility index (Phi) is 21.9. The van der Waals surface area contributed by atoms with E-state index >= 15 is 0 Å². The molecule has 178 valence electrons. The summed E-state index contributed by atoms with van der Waals surface area (Å²) in [6.07, 6.45) is 23.8. The molecule has 0 unspecified atom stereocenters. The van der Waals surface area contributed by atoms with E-state index in [9.17, 15) is 19.2 Å². The van der Waals surface area contributed by atoms with Crippen LogP contribution < -0.4 is 0 Å². The van der Waals surface area contributed by atoms with E-state index in [1.54, 1.807) is 6.92 Å². The minimum Gasteiger partial charge on any atom is -0.303 e. The van der Waals surface area contributed by atoms with Crippen molar-refractivity contribution in [2.45, 2.75) is 135 Å². The first-order chi connectivity index (χ1) is 15.1. The van der Waals surface area contributed by atoms with E-state index in [4.69, 9.17) is 0 Å². The van der Waals surface area contributed by atoms with Gasteiger partial charge in [-0.3, -0.25) is 9.59 Å². The molecule has 0 heterocycles. The van der Waals surface area contributed by atoms with Crippen LogP contribution >= 0.6 is 0 Å². The summed E-state index contributed by atoms with van der Waals surface area (Å²) in [5.74, 6) is 0.913. The van der Waals surface area contributed by atoms with E-state index in [0.29, 0.717) is 43.7 Å². The lowest BCUT2D eigenvalue weighted by Gasteiger charge is -2.02. The fourth-order valence-electron chi connectivity index (χ4n) is 3.63. The third-order valence-electron chi connectivity index (χ3n) is 5.60. The molecule has 0 aliphatic carbocycles. The zero-order valence-corrected chi connectivity index (χ0v) is 20.0. The van der Waals surface area contributed by atoms with Gasteiger partial charge in [-0.05, 0) is 51.9 Å². The van der Waals surface area contributed by atoms with Crippen molar-refractivity contribution in [2.75, 3.05) is 0 Å². The fraction of sp³-hybridized carbons (Fsp3) is 0.778. The molecule has 0 saturated carbocycles. The number of hydrogen-bond acceptors (Lipinski definition) is 4. The van der Waals surface area contributed by atoms with Gasteiger partial charge in [0, 0.05) is 38.5 Å². The first kappa shape index (κ1) is 29.4. The average molecular weight is 435 g/mol. The van der Waals surface area contributed by atoms with Gasteiger partial charge in [-0.15, -0.1) is 0 Å². The minimum atomic E-state index is 0.233. The van der Waals surface area contributed by atoms with Crippen LogP contribution in [0.25, 0.3) is 0 Å². The topological polar surface area (TPSA) is 68.3 Å². The predicted molar refractivity (Wildman–Crippen MR) is 128 cm³/mol. The molecule has 0 fully saturated rings. The molecule has 0 aromatic heterocycles. The van der Waals surface area contributed by atoms with Crippen molar-refractivity contribution in [1.29, 1.82) is 0 Å². The molecule has 31 heavy (non-hydrogen) atoms. The maximum Gasteiger partial charge on any atom is 0.136 e. The molecule has 0 N–H and O–H groups in total. The van der Waals surface area contributed by atoms with Crippen molar-refractivity contribution in [3.63, 3.8) is 0 Å². The average Bonchev–Trinajstić information content (AvgIpc) is 2.73. The van der Waals surface area contributed by atoms with E-state index < -0.39 is 0 Å². The predicted octanol–water partition coefficient (Wildman–Crippen LogP) is 7.27. The van der Waals surface area contributed by atoms with E-state index in [1.807, 2.05) is 6.08 Å². The fourth-order valence-corrected chi connectivity index (χ4v) is 3.63. The summed E-state index contributed by atoms with van der Waals surface area (Å²) < 4.78 is 0. The molecule has 0 aromatic rings. The van der Waals surface area contributed by atoms with Crippen LogP contribution in [0.3, 0.4) is 0 Å². The van der Waals surface area contributed by atoms with Crippen LogP contribution in [0.2, 0.25) is 0 Å². The molecule has 4 heteroatoms. The lowest BCUT2D eigenvalue weighted by Crippen LogP contribution is -1.97. The van der Waals surface area contributed by atoms with Crippen LogP contribution in [0.1, 0.15) is 135 Å². The second-order valence-corrected chi connectivity index (χ2v) is 8.80. The number of Topliss-reactive ketones (excluding diaryl/α,β-unsaturated/α-hetero) is 3. The van der Waals surface area contributed by atoms with Gasteiger partial charge >= 0.3 is 0 Å². The van der Waals surface area contributed by atoms with E-state index in [1.165, 1.54) is 32.1 Å². The van der Waals surface area contributed by atoms with Crippen LogP contribution in [-0.4, -0.2) is 23.6 Å². The Morgan fingerprint density at radius 3 is 1.58 bits per heavy atom. The van der Waals surface area contributed by atoms with Gasteiger partial charge in [0.15, 0.2) is 0 Å². The summed E-state index contributed by atoms with van der Waals surface area (Å²) in [5.41, 5.74) is 0. The molecule has 0 saturated heterocycles. The zero-order chi connectivity index (χ0) is 23.0. The Morgan fingerprint density at radius 2 is 0.968 bits per heavy atom. The van der Waals surface area contributed by atoms with Crippen LogP contribution in [0.5, 0.6) is 0 Å². The van der Waals surface area contributed by atoms with Gasteiger partial charge in [0.25, 0.3) is 0 Å². The summed E-state index contributed by atoms with van der Waals surface area (Å²) in [7, 11) is 0. The molecule has 4 nitrogen and oxygen atoms in total. The standard InChI is InChI=1S/C27H46O4/c1-25(29)19-13-12-17-23-27(31)21-15-9-7-5-3-2-4-6-8-14-20-26(30)22-16-10-11-18-24-28/h9,15,24H,2-8,10-14,16-23H2,1H3. The molecular formula is C27H46O4. The molecule has 0 rings (SSSR count). The number of allylic oxidation sites excluding steroid dienone is 2. The van der Waals surface area contributed by atoms with Crippen LogP contribution in [0, 0.1) is 0 Å². The lowest BCUT2D eigenvalue weighted by atomic mass is 10.0. The first-order valence-electron chi connectivity index (χ1n) is 12.7. The second kappa shape index (κ2) is 23.1. The third-order valence-corrected chi connectivity index (χ3v) is 5.60. The van der Waals surface area contributed by atoms with Gasteiger partial charge < -0.3 is 9.59 Å². The molecule has 0 aromatic carbocycles. The third kappa shape index (κ3) is 24.6. The first-order valence-corrected chi connectivity index (χ1v) is 12.7. The second-order valence-electron chi connectivity index (χ2n) is 8.80. The molecule has 0 aliphatic heterocycles. The maximum atomic E-state index is 11.8. The van der Waals surface area contributed by atoms with Crippen molar-refractivity contribution in [3.8, 4) is 0 Å². The Labute approximate surface area is 190 Å². The van der Waals surface area contributed by atoms with Crippen molar-refractivity contribution >= 4 is 23.6 Å². The van der Waals surface area contributed by atoms with Crippen LogP contribution in [0.4, 0.5) is 0 Å². The summed E-state index contributed by atoms with van der Waals surface area (Å²) >= 11 is 0. The van der Waals surface area contributed by atoms with E-state index in [2.05, 4.69) is 6.08 Å². The molecule has 0 spiro atoms. The molecule has 0 atom stereocenters. The summed E-state index contributed by atoms with van der Waals surface area (Å²) in [6, 6.07) is 0. The highest BCUT2D eigenvalue weighted by Crippen LogP contribution is 2.12. The smallest absolute Gasteiger partial charge is 0.136 e. The normalized spacial score (nSPS) is 11.1. The van der Waals surface area contributed by atoms with Gasteiger partial charge in [0.05, 0.1) is 0 Å². The van der Waals surface area contributed by atoms with Crippen LogP contribution in [-0.2, 0) is 19.2 Å². The molecule has 0 amide bonds. The number of ketones is 3. The van der Waals surface area contributed by atoms with Crippen molar-refractivity contribution < 1.29 is 19.2 Å². The summed E-state index contributed by atoms with van der Waals surface area (Å²) in [5, 5.41) is 0. The summed E-state index contributed by atoms with van der Waals surface area (Å²) in [6.45, 7) is 1.62. The summed E-state index contributed by atoms with van der Waals surface area (Å²) in [4.78, 5) is 44.6. The quantitative estimate of drug-likeness (QED) is 0.0909. The van der Waals surface area contributed by atoms with Crippen molar-refractivity contribution in [3.05, 3.63) is 12.2 Å². The minimum absolute atomic E-state index is 0.233. The maximum absolute atomic E-state index is 11.8. The number of hydrogen-bond donors (Lipinski definition) is 0. The Balaban J connectivity index is 3.33. The highest BCUT2D eigenvalue weighted by Gasteiger charge is 2.02. The molecule has 0 radical (unpaired) electrons. The number of carbonyl (C=O) groups excluding carboxylic acids is 4. The van der Waals surface area contributed by atoms with Crippen LogP contribution in [0.15, 0.2) is 12.2 Å². The van der Waals surface area contributed by atoms with E-state index in [0.717, 1.165) is 70.5 Å². The van der Waals surface area contributed by atoms with Crippen molar-refractivity contribution in [1.82, 2.24) is 0 Å². The largest absolute Gasteiger partial charge is 0.303 e. The van der Waals surface area contributed by atoms with Gasteiger partial charge in [0.1, 0.15) is 23.6 Å². The Morgan fingerprint density at radius 1 is 0.516 bits per heavy atom. The number of rotatable bonds is 24. The molecule has 0 bridgehead atoms. The van der Waals surface area contributed by atoms with Crippen molar-refractivity contribution in [2.24, 2.45) is 0 Å². The number of carbonyl (C=O) groups is 4. The highest BCUT2D eigenvalue weighted by molar-refractivity contribution is 5.79. The number of unbranched alkanes of at least 4 members (excludes halogenated alkanes) is 12. The van der Waals surface area contributed by atoms with Gasteiger partial charge in [-0.25, -0.2) is 0 Å². The van der Waals surface area contributed by atoms with Gasteiger partial charge in [-0.2, -0.15) is 0 Å². The lowest BCUT2D eigenvalue weighted by molar-refractivity contribution is -0.119. The zero-order valence-electron chi connectivity index (χ0n) is 20.0. The van der Waals surface area contributed by atoms with Gasteiger partial charge in [0.2, 0.25) is 0 Å². The molecule has 0 aliphatic rings. The molecular weight excluding hydrogens is 388 g/mol. The van der Waals surface area contributed by atoms with E-state index in [-0.39, 0.29) is 5.78 Å². The Hall–Kier alpha value is -1.58. The number of aldehydes is 1. The Bertz CT molecular complexity index is 507. The SMILES string of the molecule is CC(=O)CCCCCC(=O)CC=CCCCCCCCCCC(=O)CCCCCC=O. The van der Waals surface area contributed by atoms with Gasteiger partial charge in [-0.1, -0.05) is 57.1 Å². The monoisotopic (exact) mass is 434 g/mol. The highest BCUT2D eigenvalue weighted by atomic mass is 16.1.